The van der Waals surface area contributed by atoms with Gasteiger partial charge in [-0.15, -0.1) is 0 Å². The molecule has 1 nitrogen and oxygen atoms in total. The average molecular weight is 261 g/mol. The van der Waals surface area contributed by atoms with Gasteiger partial charge in [-0.2, -0.15) is 0 Å². The van der Waals surface area contributed by atoms with Crippen molar-refractivity contribution in [1.29, 1.82) is 0 Å². The predicted molar refractivity (Wildman–Crippen MR) is 76.7 cm³/mol. The second-order valence-corrected chi connectivity index (χ2v) is 6.65. The third-order valence-electron chi connectivity index (χ3n) is 5.05. The molecule has 1 aromatic carbocycles. The van der Waals surface area contributed by atoms with Gasteiger partial charge in [0.2, 0.25) is 0 Å². The van der Waals surface area contributed by atoms with Gasteiger partial charge < -0.3 is 5.32 Å². The van der Waals surface area contributed by atoms with Crippen molar-refractivity contribution in [3.63, 3.8) is 0 Å². The summed E-state index contributed by atoms with van der Waals surface area (Å²) in [5.74, 6) is -0.0225. The number of halogens is 1. The minimum atomic E-state index is -0.0225. The largest absolute Gasteiger partial charge is 0.309 e. The van der Waals surface area contributed by atoms with Crippen molar-refractivity contribution < 1.29 is 4.39 Å². The van der Waals surface area contributed by atoms with Crippen molar-refractivity contribution >= 4 is 0 Å². The lowest BCUT2D eigenvalue weighted by molar-refractivity contribution is 0.200. The van der Waals surface area contributed by atoms with Crippen molar-refractivity contribution in [2.24, 2.45) is 5.41 Å². The first-order valence-electron chi connectivity index (χ1n) is 7.69. The van der Waals surface area contributed by atoms with Crippen LogP contribution in [0.5, 0.6) is 0 Å². The topological polar surface area (TPSA) is 12.0 Å². The van der Waals surface area contributed by atoms with E-state index in [9.17, 15) is 4.39 Å². The lowest BCUT2D eigenvalue weighted by atomic mass is 9.75. The van der Waals surface area contributed by atoms with Crippen LogP contribution in [0, 0.1) is 11.2 Å². The Morgan fingerprint density at radius 2 is 2.05 bits per heavy atom. The van der Waals surface area contributed by atoms with E-state index in [1.54, 1.807) is 6.07 Å². The molecule has 2 heteroatoms. The zero-order valence-corrected chi connectivity index (χ0v) is 11.8. The fourth-order valence-corrected chi connectivity index (χ4v) is 3.77. The van der Waals surface area contributed by atoms with Crippen LogP contribution in [0.15, 0.2) is 18.2 Å². The second kappa shape index (κ2) is 5.24. The first-order valence-corrected chi connectivity index (χ1v) is 7.69. The summed E-state index contributed by atoms with van der Waals surface area (Å²) < 4.78 is 13.7. The quantitative estimate of drug-likeness (QED) is 0.851. The van der Waals surface area contributed by atoms with Crippen molar-refractivity contribution in [2.75, 3.05) is 6.54 Å². The zero-order valence-electron chi connectivity index (χ0n) is 11.8. The predicted octanol–water partition coefficient (Wildman–Crippen LogP) is 4.37. The van der Waals surface area contributed by atoms with Gasteiger partial charge >= 0.3 is 0 Å². The summed E-state index contributed by atoms with van der Waals surface area (Å²) >= 11 is 0. The molecule has 1 N–H and O–H groups in total. The first-order chi connectivity index (χ1) is 9.18. The van der Waals surface area contributed by atoms with Gasteiger partial charge in [0.25, 0.3) is 0 Å². The van der Waals surface area contributed by atoms with Gasteiger partial charge in [0, 0.05) is 12.6 Å². The molecular weight excluding hydrogens is 237 g/mol. The number of rotatable bonds is 3. The summed E-state index contributed by atoms with van der Waals surface area (Å²) in [5.41, 5.74) is 2.59. The van der Waals surface area contributed by atoms with Crippen molar-refractivity contribution in [2.45, 2.75) is 57.9 Å². The van der Waals surface area contributed by atoms with Crippen molar-refractivity contribution in [1.82, 2.24) is 5.32 Å². The SMILES string of the molecule is CC1(CNC2CCc3c(F)cccc32)CCCCC1. The van der Waals surface area contributed by atoms with Crippen LogP contribution in [-0.2, 0) is 6.42 Å². The Bertz CT molecular complexity index is 449. The van der Waals surface area contributed by atoms with Crippen LogP contribution < -0.4 is 5.32 Å². The minimum absolute atomic E-state index is 0.0225. The van der Waals surface area contributed by atoms with Gasteiger partial charge in [-0.1, -0.05) is 38.3 Å². The Kier molecular flexibility index (Phi) is 3.62. The van der Waals surface area contributed by atoms with Gasteiger partial charge in [-0.25, -0.2) is 4.39 Å². The van der Waals surface area contributed by atoms with E-state index in [2.05, 4.69) is 18.3 Å². The van der Waals surface area contributed by atoms with Crippen LogP contribution in [0.3, 0.4) is 0 Å². The molecule has 3 rings (SSSR count). The third kappa shape index (κ3) is 2.69. The number of benzene rings is 1. The van der Waals surface area contributed by atoms with E-state index in [0.717, 1.165) is 24.9 Å². The standard InChI is InChI=1S/C17H24FN/c1-17(10-3-2-4-11-17)12-19-16-9-8-13-14(16)6-5-7-15(13)18/h5-7,16,19H,2-4,8-12H2,1H3. The molecule has 1 fully saturated rings. The van der Waals surface area contributed by atoms with E-state index in [1.807, 2.05) is 6.07 Å². The van der Waals surface area contributed by atoms with E-state index in [0.29, 0.717) is 11.5 Å². The fourth-order valence-electron chi connectivity index (χ4n) is 3.77. The Hall–Kier alpha value is -0.890. The summed E-state index contributed by atoms with van der Waals surface area (Å²) in [6.45, 7) is 3.48. The van der Waals surface area contributed by atoms with Crippen LogP contribution in [0.2, 0.25) is 0 Å². The molecular formula is C17H24FN. The molecule has 2 aliphatic rings. The molecule has 2 aliphatic carbocycles. The van der Waals surface area contributed by atoms with E-state index in [-0.39, 0.29) is 5.82 Å². The lowest BCUT2D eigenvalue weighted by Gasteiger charge is -2.35. The molecule has 1 aromatic rings. The molecule has 0 saturated heterocycles. The van der Waals surface area contributed by atoms with E-state index in [1.165, 1.54) is 37.7 Å². The van der Waals surface area contributed by atoms with Gasteiger partial charge in [0.1, 0.15) is 5.82 Å². The second-order valence-electron chi connectivity index (χ2n) is 6.65. The molecule has 0 bridgehead atoms. The minimum Gasteiger partial charge on any atom is -0.309 e. The molecule has 0 amide bonds. The Morgan fingerprint density at radius 3 is 2.84 bits per heavy atom. The maximum absolute atomic E-state index is 13.7. The molecule has 0 radical (unpaired) electrons. The molecule has 104 valence electrons. The fraction of sp³-hybridized carbons (Fsp3) is 0.647. The molecule has 1 atom stereocenters. The summed E-state index contributed by atoms with van der Waals surface area (Å²) in [6.07, 6.45) is 8.74. The van der Waals surface area contributed by atoms with Crippen LogP contribution in [0.4, 0.5) is 4.39 Å². The van der Waals surface area contributed by atoms with Crippen LogP contribution >= 0.6 is 0 Å². The van der Waals surface area contributed by atoms with Crippen LogP contribution in [0.25, 0.3) is 0 Å². The third-order valence-corrected chi connectivity index (χ3v) is 5.05. The lowest BCUT2D eigenvalue weighted by Crippen LogP contribution is -2.35. The van der Waals surface area contributed by atoms with Gasteiger partial charge in [-0.05, 0) is 48.3 Å². The normalized spacial score (nSPS) is 25.3. The van der Waals surface area contributed by atoms with E-state index >= 15 is 0 Å². The summed E-state index contributed by atoms with van der Waals surface area (Å²) in [6, 6.07) is 5.89. The smallest absolute Gasteiger partial charge is 0.126 e. The maximum atomic E-state index is 13.7. The molecule has 0 heterocycles. The molecule has 0 aliphatic heterocycles. The van der Waals surface area contributed by atoms with Crippen LogP contribution in [-0.4, -0.2) is 6.54 Å². The van der Waals surface area contributed by atoms with Crippen molar-refractivity contribution in [3.8, 4) is 0 Å². The highest BCUT2D eigenvalue weighted by molar-refractivity contribution is 5.35. The highest BCUT2D eigenvalue weighted by Gasteiger charge is 2.30. The highest BCUT2D eigenvalue weighted by Crippen LogP contribution is 2.37. The molecule has 0 aromatic heterocycles. The highest BCUT2D eigenvalue weighted by atomic mass is 19.1. The Morgan fingerprint density at radius 1 is 1.26 bits per heavy atom. The molecule has 1 saturated carbocycles. The molecule has 0 spiro atoms. The zero-order chi connectivity index (χ0) is 13.3. The average Bonchev–Trinajstić information content (AvgIpc) is 2.82. The monoisotopic (exact) mass is 261 g/mol. The van der Waals surface area contributed by atoms with Crippen LogP contribution in [0.1, 0.15) is 62.6 Å². The summed E-state index contributed by atoms with van der Waals surface area (Å²) in [7, 11) is 0. The number of nitrogens with one attached hydrogen (secondary N) is 1. The summed E-state index contributed by atoms with van der Waals surface area (Å²) in [4.78, 5) is 0. The maximum Gasteiger partial charge on any atom is 0.126 e. The number of hydrogen-bond donors (Lipinski definition) is 1. The number of fused-ring (bicyclic) bond motifs is 1. The summed E-state index contributed by atoms with van der Waals surface area (Å²) in [5, 5.41) is 3.71. The van der Waals surface area contributed by atoms with Crippen molar-refractivity contribution in [3.05, 3.63) is 35.1 Å². The Balaban J connectivity index is 1.65. The van der Waals surface area contributed by atoms with E-state index in [4.69, 9.17) is 0 Å². The number of hydrogen-bond acceptors (Lipinski definition) is 1. The van der Waals surface area contributed by atoms with E-state index < -0.39 is 0 Å². The van der Waals surface area contributed by atoms with Gasteiger partial charge in [0.15, 0.2) is 0 Å². The van der Waals surface area contributed by atoms with Gasteiger partial charge in [-0.3, -0.25) is 0 Å². The molecule has 1 unspecified atom stereocenters. The Labute approximate surface area is 115 Å². The van der Waals surface area contributed by atoms with Gasteiger partial charge in [0.05, 0.1) is 0 Å². The molecule has 19 heavy (non-hydrogen) atoms. The first kappa shape index (κ1) is 13.1.